The van der Waals surface area contributed by atoms with Gasteiger partial charge in [-0.1, -0.05) is 6.07 Å². The maximum absolute atomic E-state index is 12.8. The number of benzene rings is 1. The van der Waals surface area contributed by atoms with Crippen molar-refractivity contribution in [1.82, 2.24) is 20.0 Å². The SMILES string of the molecule is CC1CNCCN1C(=O)c1ccn(-c2cccc(C(F)(F)F)c2)n1. The second kappa shape index (κ2) is 6.27. The van der Waals surface area contributed by atoms with E-state index in [9.17, 15) is 18.0 Å². The largest absolute Gasteiger partial charge is 0.416 e. The number of halogens is 3. The van der Waals surface area contributed by atoms with Crippen LogP contribution in [0.1, 0.15) is 23.0 Å². The van der Waals surface area contributed by atoms with Crippen LogP contribution in [-0.2, 0) is 6.18 Å². The zero-order valence-corrected chi connectivity index (χ0v) is 13.0. The average molecular weight is 338 g/mol. The third-order valence-corrected chi connectivity index (χ3v) is 4.01. The van der Waals surface area contributed by atoms with Gasteiger partial charge in [0.25, 0.3) is 5.91 Å². The molecule has 1 aliphatic rings. The van der Waals surface area contributed by atoms with Crippen LogP contribution in [-0.4, -0.2) is 46.3 Å². The molecule has 1 aromatic heterocycles. The number of carbonyl (C=O) groups is 1. The molecule has 3 rings (SSSR count). The van der Waals surface area contributed by atoms with E-state index in [0.717, 1.165) is 12.1 Å². The van der Waals surface area contributed by atoms with Crippen molar-refractivity contribution in [2.24, 2.45) is 0 Å². The highest BCUT2D eigenvalue weighted by Gasteiger charge is 2.31. The van der Waals surface area contributed by atoms with Crippen molar-refractivity contribution in [3.63, 3.8) is 0 Å². The Hall–Kier alpha value is -2.35. The standard InChI is InChI=1S/C16H17F3N4O/c1-11-10-20-6-8-22(11)15(24)14-5-7-23(21-14)13-4-2-3-12(9-13)16(17,18)19/h2-5,7,9,11,20H,6,8,10H2,1H3. The summed E-state index contributed by atoms with van der Waals surface area (Å²) in [5.41, 5.74) is -0.266. The Morgan fingerprint density at radius 2 is 2.12 bits per heavy atom. The van der Waals surface area contributed by atoms with Gasteiger partial charge in [-0.25, -0.2) is 4.68 Å². The number of carbonyl (C=O) groups excluding carboxylic acids is 1. The van der Waals surface area contributed by atoms with Gasteiger partial charge in [0.1, 0.15) is 0 Å². The molecule has 0 aliphatic carbocycles. The van der Waals surface area contributed by atoms with E-state index in [1.807, 2.05) is 6.92 Å². The van der Waals surface area contributed by atoms with Gasteiger partial charge in [0, 0.05) is 31.9 Å². The smallest absolute Gasteiger partial charge is 0.332 e. The molecule has 1 unspecified atom stereocenters. The van der Waals surface area contributed by atoms with E-state index in [4.69, 9.17) is 0 Å². The van der Waals surface area contributed by atoms with Crippen molar-refractivity contribution >= 4 is 5.91 Å². The molecule has 24 heavy (non-hydrogen) atoms. The summed E-state index contributed by atoms with van der Waals surface area (Å²) >= 11 is 0. The number of hydrogen-bond donors (Lipinski definition) is 1. The van der Waals surface area contributed by atoms with Crippen LogP contribution < -0.4 is 5.32 Å². The van der Waals surface area contributed by atoms with Gasteiger partial charge in [-0.2, -0.15) is 18.3 Å². The van der Waals surface area contributed by atoms with Crippen molar-refractivity contribution in [2.45, 2.75) is 19.1 Å². The molecule has 0 spiro atoms. The van der Waals surface area contributed by atoms with E-state index in [1.54, 1.807) is 4.90 Å². The van der Waals surface area contributed by atoms with Gasteiger partial charge < -0.3 is 10.2 Å². The lowest BCUT2D eigenvalue weighted by molar-refractivity contribution is -0.137. The summed E-state index contributed by atoms with van der Waals surface area (Å²) in [6.07, 6.45) is -2.92. The molecule has 128 valence electrons. The summed E-state index contributed by atoms with van der Waals surface area (Å²) in [7, 11) is 0. The molecule has 0 radical (unpaired) electrons. The topological polar surface area (TPSA) is 50.2 Å². The highest BCUT2D eigenvalue weighted by atomic mass is 19.4. The van der Waals surface area contributed by atoms with Crippen molar-refractivity contribution in [3.8, 4) is 5.69 Å². The van der Waals surface area contributed by atoms with Crippen molar-refractivity contribution in [2.75, 3.05) is 19.6 Å². The van der Waals surface area contributed by atoms with Crippen LogP contribution >= 0.6 is 0 Å². The monoisotopic (exact) mass is 338 g/mol. The van der Waals surface area contributed by atoms with E-state index in [0.29, 0.717) is 19.6 Å². The maximum Gasteiger partial charge on any atom is 0.416 e. The van der Waals surface area contributed by atoms with E-state index in [-0.39, 0.29) is 23.3 Å². The van der Waals surface area contributed by atoms with E-state index in [2.05, 4.69) is 10.4 Å². The van der Waals surface area contributed by atoms with E-state index >= 15 is 0 Å². The van der Waals surface area contributed by atoms with Crippen LogP contribution in [0.4, 0.5) is 13.2 Å². The summed E-state index contributed by atoms with van der Waals surface area (Å²) in [6.45, 7) is 3.94. The number of amides is 1. The molecule has 1 aromatic carbocycles. The second-order valence-corrected chi connectivity index (χ2v) is 5.75. The lowest BCUT2D eigenvalue weighted by atomic mass is 10.2. The third-order valence-electron chi connectivity index (χ3n) is 4.01. The van der Waals surface area contributed by atoms with Crippen LogP contribution in [0.15, 0.2) is 36.5 Å². The third kappa shape index (κ3) is 3.28. The highest BCUT2D eigenvalue weighted by Crippen LogP contribution is 2.30. The quantitative estimate of drug-likeness (QED) is 0.914. The molecule has 5 nitrogen and oxygen atoms in total. The predicted molar refractivity (Wildman–Crippen MR) is 81.9 cm³/mol. The van der Waals surface area contributed by atoms with Gasteiger partial charge in [0.15, 0.2) is 5.69 Å². The fraction of sp³-hybridized carbons (Fsp3) is 0.375. The Morgan fingerprint density at radius 1 is 1.33 bits per heavy atom. The van der Waals surface area contributed by atoms with Crippen LogP contribution in [0.3, 0.4) is 0 Å². The Balaban J connectivity index is 1.84. The van der Waals surface area contributed by atoms with Crippen LogP contribution in [0.5, 0.6) is 0 Å². The van der Waals surface area contributed by atoms with Gasteiger partial charge in [0.05, 0.1) is 11.3 Å². The first-order valence-electron chi connectivity index (χ1n) is 7.61. The molecule has 1 atom stereocenters. The van der Waals surface area contributed by atoms with Crippen LogP contribution in [0, 0.1) is 0 Å². The summed E-state index contributed by atoms with van der Waals surface area (Å²) in [5, 5.41) is 7.35. The Bertz CT molecular complexity index is 741. The molecule has 1 saturated heterocycles. The lowest BCUT2D eigenvalue weighted by Gasteiger charge is -2.33. The molecule has 2 heterocycles. The molecule has 1 amide bonds. The summed E-state index contributed by atoms with van der Waals surface area (Å²) in [4.78, 5) is 14.2. The van der Waals surface area contributed by atoms with Crippen molar-refractivity contribution in [3.05, 3.63) is 47.8 Å². The summed E-state index contributed by atoms with van der Waals surface area (Å²) in [6, 6.07) is 6.42. The zero-order valence-electron chi connectivity index (χ0n) is 13.0. The summed E-state index contributed by atoms with van der Waals surface area (Å²) in [5.74, 6) is -0.213. The molecule has 1 fully saturated rings. The van der Waals surface area contributed by atoms with Crippen LogP contribution in [0.25, 0.3) is 5.69 Å². The van der Waals surface area contributed by atoms with Gasteiger partial charge in [0.2, 0.25) is 0 Å². The number of nitrogens with zero attached hydrogens (tertiary/aromatic N) is 3. The molecule has 1 N–H and O–H groups in total. The van der Waals surface area contributed by atoms with Crippen molar-refractivity contribution < 1.29 is 18.0 Å². The van der Waals surface area contributed by atoms with E-state index in [1.165, 1.54) is 29.1 Å². The first kappa shape index (κ1) is 16.5. The average Bonchev–Trinajstić information content (AvgIpc) is 3.04. The fourth-order valence-electron chi connectivity index (χ4n) is 2.70. The zero-order chi connectivity index (χ0) is 17.3. The molecule has 0 bridgehead atoms. The lowest BCUT2D eigenvalue weighted by Crippen LogP contribution is -2.52. The molecular formula is C16H17F3N4O. The predicted octanol–water partition coefficient (Wildman–Crippen LogP) is 2.33. The number of alkyl halides is 3. The fourth-order valence-corrected chi connectivity index (χ4v) is 2.70. The van der Waals surface area contributed by atoms with Gasteiger partial charge in [-0.3, -0.25) is 4.79 Å². The van der Waals surface area contributed by atoms with Crippen LogP contribution in [0.2, 0.25) is 0 Å². The number of rotatable bonds is 2. The normalized spacial score (nSPS) is 18.7. The Morgan fingerprint density at radius 3 is 2.83 bits per heavy atom. The first-order valence-corrected chi connectivity index (χ1v) is 7.61. The number of aromatic nitrogens is 2. The van der Waals surface area contributed by atoms with Gasteiger partial charge >= 0.3 is 6.18 Å². The van der Waals surface area contributed by atoms with Gasteiger partial charge in [-0.15, -0.1) is 0 Å². The van der Waals surface area contributed by atoms with Crippen molar-refractivity contribution in [1.29, 1.82) is 0 Å². The first-order chi connectivity index (χ1) is 11.4. The molecular weight excluding hydrogens is 321 g/mol. The Kier molecular flexibility index (Phi) is 4.31. The highest BCUT2D eigenvalue weighted by molar-refractivity contribution is 5.92. The molecule has 2 aromatic rings. The minimum atomic E-state index is -4.42. The second-order valence-electron chi connectivity index (χ2n) is 5.75. The van der Waals surface area contributed by atoms with E-state index < -0.39 is 11.7 Å². The number of hydrogen-bond acceptors (Lipinski definition) is 3. The molecule has 0 saturated carbocycles. The minimum absolute atomic E-state index is 0.0463. The minimum Gasteiger partial charge on any atom is -0.332 e. The number of nitrogens with one attached hydrogen (secondary N) is 1. The summed E-state index contributed by atoms with van der Waals surface area (Å²) < 4.78 is 39.7. The molecule has 8 heteroatoms. The maximum atomic E-state index is 12.8. The number of piperazine rings is 1. The Labute approximate surface area is 137 Å². The molecule has 1 aliphatic heterocycles. The van der Waals surface area contributed by atoms with Gasteiger partial charge in [-0.05, 0) is 31.2 Å².